The minimum atomic E-state index is 0.128. The SMILES string of the molecule is CC(=O)N1CCc2c(c(N3CCCc4cc(-c5cnn(C)c5)ccc43)nn2[C@H]2CCOC2)C1. The summed E-state index contributed by atoms with van der Waals surface area (Å²) in [5, 5.41) is 9.51. The second-order valence-corrected chi connectivity index (χ2v) is 9.40. The topological polar surface area (TPSA) is 68.4 Å². The van der Waals surface area contributed by atoms with E-state index in [2.05, 4.69) is 39.1 Å². The molecule has 8 heteroatoms. The average Bonchev–Trinajstić information content (AvgIpc) is 3.57. The van der Waals surface area contributed by atoms with E-state index in [0.29, 0.717) is 6.54 Å². The van der Waals surface area contributed by atoms with E-state index < -0.39 is 0 Å². The fraction of sp³-hybridized carbons (Fsp3) is 0.480. The number of carbonyl (C=O) groups excluding carboxylic acids is 1. The maximum Gasteiger partial charge on any atom is 0.219 e. The predicted octanol–water partition coefficient (Wildman–Crippen LogP) is 3.23. The first kappa shape index (κ1) is 20.5. The van der Waals surface area contributed by atoms with E-state index in [1.807, 2.05) is 22.8 Å². The molecule has 1 aromatic carbocycles. The molecule has 0 spiro atoms. The van der Waals surface area contributed by atoms with Gasteiger partial charge in [0.05, 0.1) is 25.4 Å². The third kappa shape index (κ3) is 3.53. The number of hydrogen-bond acceptors (Lipinski definition) is 5. The zero-order valence-corrected chi connectivity index (χ0v) is 19.3. The van der Waals surface area contributed by atoms with Gasteiger partial charge in [-0.2, -0.15) is 10.2 Å². The van der Waals surface area contributed by atoms with Crippen molar-refractivity contribution in [3.05, 3.63) is 47.4 Å². The molecule has 0 N–H and O–H groups in total. The molecule has 172 valence electrons. The first-order valence-corrected chi connectivity index (χ1v) is 11.9. The van der Waals surface area contributed by atoms with E-state index in [-0.39, 0.29) is 11.9 Å². The van der Waals surface area contributed by atoms with Crippen LogP contribution < -0.4 is 4.90 Å². The van der Waals surface area contributed by atoms with Crippen LogP contribution in [0.2, 0.25) is 0 Å². The molecule has 0 saturated carbocycles. The van der Waals surface area contributed by atoms with Crippen molar-refractivity contribution in [1.82, 2.24) is 24.5 Å². The normalized spacial score (nSPS) is 20.1. The third-order valence-corrected chi connectivity index (χ3v) is 7.25. The summed E-state index contributed by atoms with van der Waals surface area (Å²) in [6, 6.07) is 7.00. The molecular formula is C25H30N6O2. The number of anilines is 2. The number of aryl methyl sites for hydroxylation is 2. The number of ether oxygens (including phenoxy) is 1. The van der Waals surface area contributed by atoms with Crippen LogP contribution in [0, 0.1) is 0 Å². The summed E-state index contributed by atoms with van der Waals surface area (Å²) in [6.07, 6.45) is 7.95. The van der Waals surface area contributed by atoms with Gasteiger partial charge in [-0.25, -0.2) is 0 Å². The lowest BCUT2D eigenvalue weighted by molar-refractivity contribution is -0.129. The van der Waals surface area contributed by atoms with E-state index >= 15 is 0 Å². The van der Waals surface area contributed by atoms with E-state index in [1.165, 1.54) is 28.1 Å². The minimum absolute atomic E-state index is 0.128. The molecule has 6 rings (SSSR count). The van der Waals surface area contributed by atoms with Crippen LogP contribution in [0.1, 0.15) is 42.6 Å². The molecule has 3 aliphatic rings. The summed E-state index contributed by atoms with van der Waals surface area (Å²) in [5.41, 5.74) is 7.38. The molecule has 8 nitrogen and oxygen atoms in total. The summed E-state index contributed by atoms with van der Waals surface area (Å²) < 4.78 is 9.74. The monoisotopic (exact) mass is 446 g/mol. The zero-order chi connectivity index (χ0) is 22.5. The van der Waals surface area contributed by atoms with Gasteiger partial charge in [-0.15, -0.1) is 0 Å². The Hall–Kier alpha value is -3.13. The number of fused-ring (bicyclic) bond motifs is 2. The van der Waals surface area contributed by atoms with Gasteiger partial charge in [0, 0.05) is 68.8 Å². The highest BCUT2D eigenvalue weighted by Crippen LogP contribution is 2.40. The lowest BCUT2D eigenvalue weighted by atomic mass is 9.96. The Morgan fingerprint density at radius 2 is 2.09 bits per heavy atom. The van der Waals surface area contributed by atoms with Gasteiger partial charge in [0.1, 0.15) is 0 Å². The first-order valence-electron chi connectivity index (χ1n) is 11.9. The van der Waals surface area contributed by atoms with Gasteiger partial charge < -0.3 is 14.5 Å². The molecule has 1 fully saturated rings. The molecule has 0 radical (unpaired) electrons. The Bertz CT molecular complexity index is 1210. The van der Waals surface area contributed by atoms with Crippen LogP contribution in [0.25, 0.3) is 11.1 Å². The second-order valence-electron chi connectivity index (χ2n) is 9.40. The van der Waals surface area contributed by atoms with Gasteiger partial charge in [0.25, 0.3) is 0 Å². The van der Waals surface area contributed by atoms with E-state index in [4.69, 9.17) is 9.84 Å². The fourth-order valence-corrected chi connectivity index (χ4v) is 5.50. The fourth-order valence-electron chi connectivity index (χ4n) is 5.50. The molecular weight excluding hydrogens is 416 g/mol. The van der Waals surface area contributed by atoms with Crippen molar-refractivity contribution in [3.8, 4) is 11.1 Å². The first-order chi connectivity index (χ1) is 16.1. The standard InChI is InChI=1S/C25H30N6O2/c1-17(32)29-10-7-24-22(15-29)25(27-31(24)21-8-11-33-16-21)30-9-3-4-19-12-18(5-6-23(19)30)20-13-26-28(2)14-20/h5-6,12-14,21H,3-4,7-11,15-16H2,1-2H3/t21-/m0/s1. The Labute approximate surface area is 193 Å². The molecule has 5 heterocycles. The van der Waals surface area contributed by atoms with Crippen molar-refractivity contribution in [2.24, 2.45) is 7.05 Å². The number of carbonyl (C=O) groups is 1. The smallest absolute Gasteiger partial charge is 0.219 e. The van der Waals surface area contributed by atoms with Gasteiger partial charge in [-0.05, 0) is 42.5 Å². The van der Waals surface area contributed by atoms with Crippen molar-refractivity contribution >= 4 is 17.4 Å². The molecule has 0 aliphatic carbocycles. The van der Waals surface area contributed by atoms with Crippen LogP contribution >= 0.6 is 0 Å². The van der Waals surface area contributed by atoms with Crippen LogP contribution in [-0.4, -0.2) is 56.7 Å². The highest BCUT2D eigenvalue weighted by atomic mass is 16.5. The number of rotatable bonds is 3. The molecule has 3 aromatic rings. The largest absolute Gasteiger partial charge is 0.379 e. The van der Waals surface area contributed by atoms with Crippen LogP contribution in [-0.2, 0) is 36.0 Å². The van der Waals surface area contributed by atoms with Crippen LogP contribution in [0.15, 0.2) is 30.6 Å². The van der Waals surface area contributed by atoms with Crippen molar-refractivity contribution in [2.45, 2.75) is 45.2 Å². The highest BCUT2D eigenvalue weighted by molar-refractivity contribution is 5.76. The molecule has 2 aromatic heterocycles. The average molecular weight is 447 g/mol. The van der Waals surface area contributed by atoms with Gasteiger partial charge >= 0.3 is 0 Å². The van der Waals surface area contributed by atoms with E-state index in [9.17, 15) is 4.79 Å². The van der Waals surface area contributed by atoms with Crippen molar-refractivity contribution in [1.29, 1.82) is 0 Å². The van der Waals surface area contributed by atoms with Crippen LogP contribution in [0.5, 0.6) is 0 Å². The summed E-state index contributed by atoms with van der Waals surface area (Å²) >= 11 is 0. The summed E-state index contributed by atoms with van der Waals surface area (Å²) in [6.45, 7) is 5.49. The van der Waals surface area contributed by atoms with Gasteiger partial charge in [0.2, 0.25) is 5.91 Å². The Balaban J connectivity index is 1.42. The molecule has 0 bridgehead atoms. The Kier molecular flexibility index (Phi) is 4.98. The lowest BCUT2D eigenvalue weighted by Gasteiger charge is -2.32. The predicted molar refractivity (Wildman–Crippen MR) is 125 cm³/mol. The molecule has 1 atom stereocenters. The number of aromatic nitrogens is 4. The zero-order valence-electron chi connectivity index (χ0n) is 19.3. The number of hydrogen-bond donors (Lipinski definition) is 0. The minimum Gasteiger partial charge on any atom is -0.379 e. The summed E-state index contributed by atoms with van der Waals surface area (Å²) in [5.74, 6) is 1.14. The maximum absolute atomic E-state index is 12.2. The highest BCUT2D eigenvalue weighted by Gasteiger charge is 2.33. The second kappa shape index (κ2) is 8.02. The van der Waals surface area contributed by atoms with E-state index in [1.54, 1.807) is 6.92 Å². The van der Waals surface area contributed by atoms with Crippen molar-refractivity contribution < 1.29 is 9.53 Å². The van der Waals surface area contributed by atoms with Crippen LogP contribution in [0.4, 0.5) is 11.5 Å². The lowest BCUT2D eigenvalue weighted by Crippen LogP contribution is -2.35. The molecule has 1 amide bonds. The summed E-state index contributed by atoms with van der Waals surface area (Å²) in [4.78, 5) is 16.5. The molecule has 3 aliphatic heterocycles. The Morgan fingerprint density at radius 1 is 1.18 bits per heavy atom. The van der Waals surface area contributed by atoms with Gasteiger partial charge in [0.15, 0.2) is 5.82 Å². The molecule has 1 saturated heterocycles. The number of nitrogens with zero attached hydrogens (tertiary/aromatic N) is 6. The maximum atomic E-state index is 12.2. The Morgan fingerprint density at radius 3 is 2.85 bits per heavy atom. The number of benzene rings is 1. The summed E-state index contributed by atoms with van der Waals surface area (Å²) in [7, 11) is 1.95. The number of amides is 1. The quantitative estimate of drug-likeness (QED) is 0.618. The van der Waals surface area contributed by atoms with Gasteiger partial charge in [-0.1, -0.05) is 6.07 Å². The molecule has 33 heavy (non-hydrogen) atoms. The third-order valence-electron chi connectivity index (χ3n) is 7.25. The van der Waals surface area contributed by atoms with Crippen LogP contribution in [0.3, 0.4) is 0 Å². The molecule has 0 unspecified atom stereocenters. The van der Waals surface area contributed by atoms with Crippen molar-refractivity contribution in [2.75, 3.05) is 31.2 Å². The van der Waals surface area contributed by atoms with Crippen molar-refractivity contribution in [3.63, 3.8) is 0 Å². The van der Waals surface area contributed by atoms with E-state index in [0.717, 1.165) is 63.4 Å². The van der Waals surface area contributed by atoms with Gasteiger partial charge in [-0.3, -0.25) is 14.2 Å².